The summed E-state index contributed by atoms with van der Waals surface area (Å²) in [5.74, 6) is 0. The smallest absolute Gasteiger partial charge is 0.221 e. The van der Waals surface area contributed by atoms with E-state index in [0.717, 1.165) is 13.1 Å². The Balaban J connectivity index is 2.16. The van der Waals surface area contributed by atoms with Crippen molar-refractivity contribution in [1.82, 2.24) is 10.4 Å². The molecule has 0 aliphatic carbocycles. The Kier molecular flexibility index (Phi) is 1.80. The molecule has 1 aromatic rings. The number of fused-ring (bicyclic) bond motifs is 1. The van der Waals surface area contributed by atoms with Crippen LogP contribution in [0.4, 0.5) is 0 Å². The van der Waals surface area contributed by atoms with Crippen molar-refractivity contribution in [2.45, 2.75) is 13.1 Å². The van der Waals surface area contributed by atoms with Crippen LogP contribution in [0.5, 0.6) is 0 Å². The van der Waals surface area contributed by atoms with Gasteiger partial charge in [-0.1, -0.05) is 24.3 Å². The van der Waals surface area contributed by atoms with Crippen LogP contribution in [-0.2, 0) is 17.9 Å². The van der Waals surface area contributed by atoms with E-state index in [-0.39, 0.29) is 0 Å². The molecule has 1 heterocycles. The Bertz CT molecular complexity index is 273. The third-order valence-corrected chi connectivity index (χ3v) is 2.08. The molecule has 0 unspecified atom stereocenters. The van der Waals surface area contributed by atoms with Gasteiger partial charge in [-0.2, -0.15) is 0 Å². The van der Waals surface area contributed by atoms with Gasteiger partial charge in [0.25, 0.3) is 0 Å². The Hall–Kier alpha value is -1.35. The molecule has 0 radical (unpaired) electrons. The molecule has 1 N–H and O–H groups in total. The van der Waals surface area contributed by atoms with Gasteiger partial charge in [-0.05, 0) is 11.1 Å². The van der Waals surface area contributed by atoms with E-state index in [9.17, 15) is 4.79 Å². The first-order valence-corrected chi connectivity index (χ1v) is 3.91. The molecule has 0 atom stereocenters. The zero-order valence-electron chi connectivity index (χ0n) is 6.66. The minimum atomic E-state index is 0.714. The van der Waals surface area contributed by atoms with Crippen molar-refractivity contribution in [3.8, 4) is 0 Å². The van der Waals surface area contributed by atoms with Crippen molar-refractivity contribution in [2.24, 2.45) is 0 Å². The van der Waals surface area contributed by atoms with Crippen LogP contribution in [-0.4, -0.2) is 11.4 Å². The highest BCUT2D eigenvalue weighted by molar-refractivity contribution is 5.45. The van der Waals surface area contributed by atoms with Crippen LogP contribution in [0.25, 0.3) is 0 Å². The molecule has 1 aliphatic heterocycles. The van der Waals surface area contributed by atoms with Gasteiger partial charge < -0.3 is 0 Å². The molecule has 0 saturated carbocycles. The minimum absolute atomic E-state index is 0.714. The van der Waals surface area contributed by atoms with Crippen LogP contribution in [0.2, 0.25) is 0 Å². The minimum Gasteiger partial charge on any atom is -0.291 e. The van der Waals surface area contributed by atoms with Crippen LogP contribution in [0.15, 0.2) is 24.3 Å². The van der Waals surface area contributed by atoms with E-state index in [1.165, 1.54) is 11.1 Å². The standard InChI is InChI=1S/C9H10N2O/c12-7-10-11-5-8-3-1-2-4-9(8)6-11/h1-4,7H,5-6H2,(H,10,12). The zero-order chi connectivity index (χ0) is 8.39. The van der Waals surface area contributed by atoms with E-state index in [4.69, 9.17) is 0 Å². The number of hydrogen-bond acceptors (Lipinski definition) is 2. The Morgan fingerprint density at radius 2 is 1.83 bits per heavy atom. The van der Waals surface area contributed by atoms with Crippen LogP contribution in [0.1, 0.15) is 11.1 Å². The molecule has 0 fully saturated rings. The molecule has 3 nitrogen and oxygen atoms in total. The number of amides is 1. The average Bonchev–Trinajstić information content (AvgIpc) is 2.47. The third-order valence-electron chi connectivity index (χ3n) is 2.08. The van der Waals surface area contributed by atoms with Gasteiger partial charge in [0.1, 0.15) is 0 Å². The number of benzene rings is 1. The number of rotatable bonds is 2. The highest BCUT2D eigenvalue weighted by atomic mass is 16.1. The summed E-state index contributed by atoms with van der Waals surface area (Å²) in [6.07, 6.45) is 0.714. The Morgan fingerprint density at radius 1 is 1.25 bits per heavy atom. The molecular weight excluding hydrogens is 152 g/mol. The summed E-state index contributed by atoms with van der Waals surface area (Å²) in [6.45, 7) is 1.63. The maximum Gasteiger partial charge on any atom is 0.221 e. The fourth-order valence-electron chi connectivity index (χ4n) is 1.50. The fraction of sp³-hybridized carbons (Fsp3) is 0.222. The van der Waals surface area contributed by atoms with Gasteiger partial charge in [0.05, 0.1) is 0 Å². The second-order valence-electron chi connectivity index (χ2n) is 2.87. The van der Waals surface area contributed by atoms with E-state index in [1.807, 2.05) is 17.1 Å². The number of nitrogens with zero attached hydrogens (tertiary/aromatic N) is 1. The molecule has 3 heteroatoms. The van der Waals surface area contributed by atoms with Crippen molar-refractivity contribution >= 4 is 6.41 Å². The van der Waals surface area contributed by atoms with Crippen molar-refractivity contribution < 1.29 is 4.79 Å². The largest absolute Gasteiger partial charge is 0.291 e. The van der Waals surface area contributed by atoms with Crippen LogP contribution in [0.3, 0.4) is 0 Å². The summed E-state index contributed by atoms with van der Waals surface area (Å²) >= 11 is 0. The molecule has 1 aliphatic rings. The maximum atomic E-state index is 10.2. The summed E-state index contributed by atoms with van der Waals surface area (Å²) in [4.78, 5) is 10.2. The lowest BCUT2D eigenvalue weighted by molar-refractivity contribution is -0.114. The van der Waals surface area contributed by atoms with E-state index in [1.54, 1.807) is 0 Å². The first kappa shape index (κ1) is 7.31. The van der Waals surface area contributed by atoms with Crippen molar-refractivity contribution in [1.29, 1.82) is 0 Å². The molecular formula is C9H10N2O. The van der Waals surface area contributed by atoms with E-state index < -0.39 is 0 Å². The van der Waals surface area contributed by atoms with Crippen LogP contribution < -0.4 is 5.43 Å². The fourth-order valence-corrected chi connectivity index (χ4v) is 1.50. The quantitative estimate of drug-likeness (QED) is 0.648. The monoisotopic (exact) mass is 162 g/mol. The zero-order valence-corrected chi connectivity index (χ0v) is 6.66. The van der Waals surface area contributed by atoms with Crippen LogP contribution in [0, 0.1) is 0 Å². The van der Waals surface area contributed by atoms with Crippen molar-refractivity contribution in [3.05, 3.63) is 35.4 Å². The molecule has 0 aromatic heterocycles. The van der Waals surface area contributed by atoms with Gasteiger partial charge in [-0.3, -0.25) is 10.2 Å². The summed E-state index contributed by atoms with van der Waals surface area (Å²) in [7, 11) is 0. The highest BCUT2D eigenvalue weighted by Gasteiger charge is 2.16. The third kappa shape index (κ3) is 1.19. The topological polar surface area (TPSA) is 32.3 Å². The molecule has 0 bridgehead atoms. The number of nitrogens with one attached hydrogen (secondary N) is 1. The lowest BCUT2D eigenvalue weighted by Gasteiger charge is -2.10. The summed E-state index contributed by atoms with van der Waals surface area (Å²) < 4.78 is 0. The summed E-state index contributed by atoms with van der Waals surface area (Å²) in [5.41, 5.74) is 5.24. The number of hydrazine groups is 1. The second kappa shape index (κ2) is 2.95. The molecule has 12 heavy (non-hydrogen) atoms. The normalized spacial score (nSPS) is 15.7. The van der Waals surface area contributed by atoms with Gasteiger partial charge in [0.2, 0.25) is 6.41 Å². The van der Waals surface area contributed by atoms with Gasteiger partial charge in [0, 0.05) is 13.1 Å². The van der Waals surface area contributed by atoms with E-state index in [0.29, 0.717) is 6.41 Å². The van der Waals surface area contributed by atoms with Crippen molar-refractivity contribution in [2.75, 3.05) is 0 Å². The number of hydrogen-bond donors (Lipinski definition) is 1. The number of carbonyl (C=O) groups is 1. The van der Waals surface area contributed by atoms with Gasteiger partial charge >= 0.3 is 0 Å². The van der Waals surface area contributed by atoms with Gasteiger partial charge in [-0.25, -0.2) is 5.01 Å². The van der Waals surface area contributed by atoms with Gasteiger partial charge in [-0.15, -0.1) is 0 Å². The van der Waals surface area contributed by atoms with E-state index >= 15 is 0 Å². The first-order chi connectivity index (χ1) is 5.90. The van der Waals surface area contributed by atoms with Gasteiger partial charge in [0.15, 0.2) is 0 Å². The Labute approximate surface area is 71.0 Å². The molecule has 62 valence electrons. The second-order valence-corrected chi connectivity index (χ2v) is 2.87. The molecule has 0 spiro atoms. The lowest BCUT2D eigenvalue weighted by Crippen LogP contribution is -2.31. The number of carbonyl (C=O) groups excluding carboxylic acids is 1. The molecule has 0 saturated heterocycles. The maximum absolute atomic E-state index is 10.2. The SMILES string of the molecule is O=CNN1Cc2ccccc2C1. The Morgan fingerprint density at radius 3 is 2.33 bits per heavy atom. The molecule has 1 amide bonds. The highest BCUT2D eigenvalue weighted by Crippen LogP contribution is 2.19. The van der Waals surface area contributed by atoms with Crippen LogP contribution >= 0.6 is 0 Å². The first-order valence-electron chi connectivity index (χ1n) is 3.91. The van der Waals surface area contributed by atoms with Crippen molar-refractivity contribution in [3.63, 3.8) is 0 Å². The predicted octanol–water partition coefficient (Wildman–Crippen LogP) is 0.663. The lowest BCUT2D eigenvalue weighted by atomic mass is 10.1. The summed E-state index contributed by atoms with van der Waals surface area (Å²) in [6, 6.07) is 8.20. The predicted molar refractivity (Wildman–Crippen MR) is 44.9 cm³/mol. The average molecular weight is 162 g/mol. The summed E-state index contributed by atoms with van der Waals surface area (Å²) in [5, 5.41) is 1.89. The van der Waals surface area contributed by atoms with E-state index in [2.05, 4.69) is 17.6 Å². The molecule has 1 aromatic carbocycles. The molecule has 2 rings (SSSR count).